The van der Waals surface area contributed by atoms with Crippen molar-refractivity contribution in [2.45, 2.75) is 39.0 Å². The van der Waals surface area contributed by atoms with Gasteiger partial charge in [-0.1, -0.05) is 41.9 Å². The molecule has 5 aromatic rings. The summed E-state index contributed by atoms with van der Waals surface area (Å²) in [6, 6.07) is 15.6. The predicted octanol–water partition coefficient (Wildman–Crippen LogP) is 5.32. The Morgan fingerprint density at radius 2 is 1.84 bits per heavy atom. The summed E-state index contributed by atoms with van der Waals surface area (Å²) >= 11 is 7.14. The molecule has 3 aromatic heterocycles. The second kappa shape index (κ2) is 14.3. The molecule has 13 heteroatoms. The zero-order valence-electron chi connectivity index (χ0n) is 28.4. The Morgan fingerprint density at radius 3 is 2.55 bits per heavy atom. The Hall–Kier alpha value is -5.06. The average Bonchev–Trinajstić information content (AvgIpc) is 3.89. The highest BCUT2D eigenvalue weighted by molar-refractivity contribution is 6.36. The van der Waals surface area contributed by atoms with Crippen LogP contribution >= 0.6 is 11.6 Å². The molecule has 2 aliphatic rings. The molecule has 0 amide bonds. The molecule has 0 saturated carbocycles. The number of pyridine rings is 1. The van der Waals surface area contributed by atoms with Crippen LogP contribution in [-0.2, 0) is 17.9 Å². The number of aromatic nitrogens is 3. The lowest BCUT2D eigenvalue weighted by molar-refractivity contribution is -0.141. The number of carboxylic acids is 1. The third kappa shape index (κ3) is 6.73. The highest BCUT2D eigenvalue weighted by Crippen LogP contribution is 2.41. The fraction of sp³-hybridized carbons (Fsp3) is 0.342. The number of ether oxygens (including phenoxy) is 1. The normalized spacial score (nSPS) is 18.0. The van der Waals surface area contributed by atoms with E-state index in [-0.39, 0.29) is 17.5 Å². The van der Waals surface area contributed by atoms with Crippen molar-refractivity contribution in [3.63, 3.8) is 0 Å². The summed E-state index contributed by atoms with van der Waals surface area (Å²) < 4.78 is 13.6. The van der Waals surface area contributed by atoms with Crippen LogP contribution in [0.25, 0.3) is 44.7 Å². The quantitative estimate of drug-likeness (QED) is 0.173. The minimum atomic E-state index is -0.785. The van der Waals surface area contributed by atoms with Crippen LogP contribution in [0.3, 0.4) is 0 Å². The smallest absolute Gasteiger partial charge is 0.307 e. The molecular weight excluding hydrogens is 670 g/mol. The lowest BCUT2D eigenvalue weighted by Crippen LogP contribution is -2.30. The summed E-state index contributed by atoms with van der Waals surface area (Å²) in [6.45, 7) is 6.11. The average molecular weight is 708 g/mol. The number of hydrogen-bond acceptors (Lipinski definition) is 10. The molecule has 51 heavy (non-hydrogen) atoms. The molecule has 262 valence electrons. The number of aliphatic carboxylic acids is 1. The van der Waals surface area contributed by atoms with Crippen molar-refractivity contribution in [2.75, 3.05) is 39.8 Å². The van der Waals surface area contributed by atoms with Gasteiger partial charge in [0.05, 0.1) is 41.4 Å². The SMILES string of the molecule is COc1nc(-c2cccc(-c3cccc(-c4cc5c(=N)n(CCN6CC[C@@H](C(=O)O)C6)cc(C#N)c5o4)c3Cl)c2C)cnc1CN1CC[C@@H](O)C1. The Kier molecular flexibility index (Phi) is 9.63. The van der Waals surface area contributed by atoms with Crippen LogP contribution in [0.2, 0.25) is 5.02 Å². The number of aliphatic hydroxyl groups is 1. The minimum absolute atomic E-state index is 0.199. The van der Waals surface area contributed by atoms with E-state index in [1.807, 2.05) is 43.3 Å². The van der Waals surface area contributed by atoms with Gasteiger partial charge in [-0.05, 0) is 49.6 Å². The Balaban J connectivity index is 1.19. The highest BCUT2D eigenvalue weighted by Gasteiger charge is 2.28. The molecule has 2 aliphatic heterocycles. The number of nitrogens with zero attached hydrogens (tertiary/aromatic N) is 6. The van der Waals surface area contributed by atoms with Gasteiger partial charge >= 0.3 is 5.97 Å². The molecule has 0 unspecified atom stereocenters. The number of carbonyl (C=O) groups is 1. The van der Waals surface area contributed by atoms with E-state index in [1.165, 1.54) is 0 Å². The highest BCUT2D eigenvalue weighted by atomic mass is 35.5. The summed E-state index contributed by atoms with van der Waals surface area (Å²) in [7, 11) is 1.58. The van der Waals surface area contributed by atoms with Crippen molar-refractivity contribution in [3.05, 3.63) is 82.2 Å². The first-order valence-electron chi connectivity index (χ1n) is 16.9. The van der Waals surface area contributed by atoms with Gasteiger partial charge in [-0.25, -0.2) is 4.98 Å². The van der Waals surface area contributed by atoms with Crippen molar-refractivity contribution >= 4 is 28.5 Å². The van der Waals surface area contributed by atoms with E-state index in [1.54, 1.807) is 30.1 Å². The number of carboxylic acid groups (broad SMARTS) is 1. The first-order valence-corrected chi connectivity index (χ1v) is 17.3. The lowest BCUT2D eigenvalue weighted by atomic mass is 9.93. The van der Waals surface area contributed by atoms with E-state index >= 15 is 0 Å². The predicted molar refractivity (Wildman–Crippen MR) is 191 cm³/mol. The van der Waals surface area contributed by atoms with Gasteiger partial charge in [0.2, 0.25) is 5.88 Å². The maximum atomic E-state index is 11.4. The third-order valence-electron chi connectivity index (χ3n) is 9.99. The number of nitriles is 1. The van der Waals surface area contributed by atoms with Gasteiger partial charge < -0.3 is 28.8 Å². The van der Waals surface area contributed by atoms with Gasteiger partial charge in [0.25, 0.3) is 0 Å². The maximum absolute atomic E-state index is 11.4. The second-order valence-electron chi connectivity index (χ2n) is 13.2. The van der Waals surface area contributed by atoms with E-state index in [0.717, 1.165) is 35.2 Å². The number of likely N-dealkylation sites (tertiary alicyclic amines) is 2. The van der Waals surface area contributed by atoms with Crippen LogP contribution in [0, 0.1) is 29.6 Å². The summed E-state index contributed by atoms with van der Waals surface area (Å²) in [5.74, 6) is -0.282. The fourth-order valence-electron chi connectivity index (χ4n) is 7.18. The Morgan fingerprint density at radius 1 is 1.10 bits per heavy atom. The molecule has 2 saturated heterocycles. The molecule has 0 radical (unpaired) electrons. The first kappa shape index (κ1) is 34.4. The summed E-state index contributed by atoms with van der Waals surface area (Å²) in [6.07, 6.45) is 4.39. The van der Waals surface area contributed by atoms with Gasteiger partial charge in [-0.2, -0.15) is 5.26 Å². The van der Waals surface area contributed by atoms with Gasteiger partial charge in [0, 0.05) is 62.2 Å². The van der Waals surface area contributed by atoms with Crippen LogP contribution in [0.4, 0.5) is 0 Å². The van der Waals surface area contributed by atoms with Crippen molar-refractivity contribution in [1.29, 1.82) is 10.7 Å². The maximum Gasteiger partial charge on any atom is 0.307 e. The number of nitrogens with one attached hydrogen (secondary N) is 1. The number of halogens is 1. The molecule has 2 aromatic carbocycles. The Labute approximate surface area is 299 Å². The summed E-state index contributed by atoms with van der Waals surface area (Å²) in [5.41, 5.74) is 6.32. The van der Waals surface area contributed by atoms with Crippen molar-refractivity contribution < 1.29 is 24.2 Å². The zero-order chi connectivity index (χ0) is 35.8. The van der Waals surface area contributed by atoms with Crippen molar-refractivity contribution in [1.82, 2.24) is 24.3 Å². The number of aliphatic hydroxyl groups excluding tert-OH is 1. The standard InChI is InChI=1S/C38H38ClN7O5/c1-22-26(5-3-6-27(22)31-17-42-32(37(43-31)50-2)21-45-12-10-25(47)20-45)28-7-4-8-29(34(28)39)33-15-30-35(51-33)24(16-40)19-46(36(30)41)14-13-44-11-9-23(18-44)38(48)49/h3-8,15,17,19,23,25,41,47H,9-14,18,20-21H2,1-2H3,(H,48,49)/t23-,25-/m1/s1. The molecular formula is C38H38ClN7O5. The molecule has 2 atom stereocenters. The van der Waals surface area contributed by atoms with Crippen LogP contribution in [0.15, 0.2) is 59.3 Å². The molecule has 7 rings (SSSR count). The molecule has 12 nitrogen and oxygen atoms in total. The van der Waals surface area contributed by atoms with Crippen LogP contribution < -0.4 is 10.2 Å². The molecule has 2 fully saturated rings. The van der Waals surface area contributed by atoms with Crippen LogP contribution in [0.1, 0.15) is 29.7 Å². The molecule has 0 aliphatic carbocycles. The summed E-state index contributed by atoms with van der Waals surface area (Å²) in [4.78, 5) is 25.1. The molecule has 0 bridgehead atoms. The van der Waals surface area contributed by atoms with Gasteiger partial charge in [0.1, 0.15) is 28.6 Å². The number of β-amino-alcohol motifs (C(OH)–C–C–N with tert-alkyl or cyclic N) is 1. The van der Waals surface area contributed by atoms with E-state index in [9.17, 15) is 20.3 Å². The first-order chi connectivity index (χ1) is 24.6. The monoisotopic (exact) mass is 707 g/mol. The second-order valence-corrected chi connectivity index (χ2v) is 13.6. The van der Waals surface area contributed by atoms with E-state index in [0.29, 0.717) is 95.8 Å². The van der Waals surface area contributed by atoms with Crippen molar-refractivity contribution in [3.8, 4) is 45.7 Å². The molecule has 0 spiro atoms. The van der Waals surface area contributed by atoms with Crippen molar-refractivity contribution in [2.24, 2.45) is 5.92 Å². The van der Waals surface area contributed by atoms with Gasteiger partial charge in [0.15, 0.2) is 5.58 Å². The van der Waals surface area contributed by atoms with Crippen LogP contribution in [-0.4, -0.2) is 86.5 Å². The number of rotatable bonds is 10. The lowest BCUT2D eigenvalue weighted by Gasteiger charge is -2.17. The van der Waals surface area contributed by atoms with E-state index in [2.05, 4.69) is 15.9 Å². The number of fused-ring (bicyclic) bond motifs is 1. The number of benzene rings is 2. The summed E-state index contributed by atoms with van der Waals surface area (Å²) in [5, 5.41) is 39.2. The Bertz CT molecular complexity index is 2240. The number of hydrogen-bond donors (Lipinski definition) is 3. The van der Waals surface area contributed by atoms with E-state index < -0.39 is 5.97 Å². The minimum Gasteiger partial charge on any atom is -0.481 e. The van der Waals surface area contributed by atoms with Gasteiger partial charge in [-0.3, -0.25) is 20.1 Å². The van der Waals surface area contributed by atoms with Gasteiger partial charge in [-0.15, -0.1) is 0 Å². The fourth-order valence-corrected chi connectivity index (χ4v) is 7.50. The van der Waals surface area contributed by atoms with Crippen LogP contribution in [0.5, 0.6) is 5.88 Å². The largest absolute Gasteiger partial charge is 0.481 e. The number of methoxy groups -OCH3 is 1. The number of furan rings is 1. The zero-order valence-corrected chi connectivity index (χ0v) is 29.2. The topological polar surface area (TPSA) is 165 Å². The molecule has 3 N–H and O–H groups in total. The molecule has 5 heterocycles. The van der Waals surface area contributed by atoms with E-state index in [4.69, 9.17) is 36.1 Å². The third-order valence-corrected chi connectivity index (χ3v) is 10.4.